The van der Waals surface area contributed by atoms with Crippen molar-refractivity contribution in [1.29, 1.82) is 0 Å². The SMILES string of the molecule is CCc1ccc(CN(C(=O)c2cc(-c3ccc(OC(C)C)c(C)c3)on2)C2CCS(=O)(=O)C2)cc1. The van der Waals surface area contributed by atoms with E-state index in [9.17, 15) is 13.2 Å². The first-order valence-electron chi connectivity index (χ1n) is 12.0. The highest BCUT2D eigenvalue weighted by Crippen LogP contribution is 2.29. The number of carbonyl (C=O) groups excluding carboxylic acids is 1. The fraction of sp³-hybridized carbons (Fsp3) is 0.407. The number of sulfone groups is 1. The first-order valence-corrected chi connectivity index (χ1v) is 13.8. The number of hydrogen-bond donors (Lipinski definition) is 0. The lowest BCUT2D eigenvalue weighted by Crippen LogP contribution is -2.40. The second-order valence-corrected chi connectivity index (χ2v) is 11.6. The average Bonchev–Trinajstić information content (AvgIpc) is 3.45. The zero-order chi connectivity index (χ0) is 25.2. The number of ether oxygens (including phenoxy) is 1. The molecular weight excluding hydrogens is 464 g/mol. The zero-order valence-corrected chi connectivity index (χ0v) is 21.5. The van der Waals surface area contributed by atoms with Crippen LogP contribution in [-0.2, 0) is 22.8 Å². The Labute approximate surface area is 207 Å². The van der Waals surface area contributed by atoms with Crippen molar-refractivity contribution in [3.8, 4) is 17.1 Å². The van der Waals surface area contributed by atoms with Crippen molar-refractivity contribution in [2.24, 2.45) is 0 Å². The molecular formula is C27H32N2O5S. The smallest absolute Gasteiger partial charge is 0.276 e. The highest BCUT2D eigenvalue weighted by atomic mass is 32.2. The molecule has 0 N–H and O–H groups in total. The Balaban J connectivity index is 1.59. The molecule has 186 valence electrons. The highest BCUT2D eigenvalue weighted by molar-refractivity contribution is 7.91. The second-order valence-electron chi connectivity index (χ2n) is 9.38. The Morgan fingerprint density at radius 3 is 2.46 bits per heavy atom. The monoisotopic (exact) mass is 496 g/mol. The Morgan fingerprint density at radius 2 is 1.86 bits per heavy atom. The van der Waals surface area contributed by atoms with Crippen molar-refractivity contribution >= 4 is 15.7 Å². The number of nitrogens with zero attached hydrogens (tertiary/aromatic N) is 2. The quantitative estimate of drug-likeness (QED) is 0.444. The van der Waals surface area contributed by atoms with Crippen LogP contribution in [0.5, 0.6) is 5.75 Å². The van der Waals surface area contributed by atoms with Gasteiger partial charge in [-0.3, -0.25) is 4.79 Å². The summed E-state index contributed by atoms with van der Waals surface area (Å²) in [6.07, 6.45) is 1.41. The molecule has 4 rings (SSSR count). The first kappa shape index (κ1) is 25.0. The fourth-order valence-electron chi connectivity index (χ4n) is 4.31. The zero-order valence-electron chi connectivity index (χ0n) is 20.7. The van der Waals surface area contributed by atoms with Gasteiger partial charge in [0.15, 0.2) is 21.3 Å². The van der Waals surface area contributed by atoms with Crippen molar-refractivity contribution in [3.05, 3.63) is 70.9 Å². The minimum atomic E-state index is -3.16. The van der Waals surface area contributed by atoms with Gasteiger partial charge in [0.05, 0.1) is 17.6 Å². The van der Waals surface area contributed by atoms with E-state index in [1.807, 2.05) is 63.2 Å². The second kappa shape index (κ2) is 10.2. The number of carbonyl (C=O) groups is 1. The number of amides is 1. The van der Waals surface area contributed by atoms with E-state index >= 15 is 0 Å². The normalized spacial score (nSPS) is 17.0. The molecule has 8 heteroatoms. The minimum absolute atomic E-state index is 0.0347. The standard InChI is InChI=1S/C27H32N2O5S/c1-5-20-6-8-21(9-7-20)16-29(23-12-13-35(31,32)17-23)27(30)24-15-26(34-28-24)22-10-11-25(19(4)14-22)33-18(2)3/h6-11,14-15,18,23H,5,12-13,16-17H2,1-4H3. The van der Waals surface area contributed by atoms with Crippen molar-refractivity contribution < 1.29 is 22.5 Å². The molecule has 7 nitrogen and oxygen atoms in total. The number of rotatable bonds is 8. The van der Waals surface area contributed by atoms with E-state index in [-0.39, 0.29) is 29.2 Å². The molecule has 1 fully saturated rings. The maximum atomic E-state index is 13.5. The Morgan fingerprint density at radius 1 is 1.14 bits per heavy atom. The lowest BCUT2D eigenvalue weighted by molar-refractivity contribution is 0.0670. The van der Waals surface area contributed by atoms with Crippen LogP contribution in [-0.4, -0.2) is 48.0 Å². The van der Waals surface area contributed by atoms with Gasteiger partial charge in [0.2, 0.25) is 0 Å². The molecule has 1 aliphatic heterocycles. The summed E-state index contributed by atoms with van der Waals surface area (Å²) in [5.41, 5.74) is 4.05. The van der Waals surface area contributed by atoms with Crippen LogP contribution >= 0.6 is 0 Å². The molecule has 1 atom stereocenters. The van der Waals surface area contributed by atoms with Crippen molar-refractivity contribution in [1.82, 2.24) is 10.1 Å². The van der Waals surface area contributed by atoms with E-state index in [1.54, 1.807) is 11.0 Å². The predicted molar refractivity (Wildman–Crippen MR) is 135 cm³/mol. The van der Waals surface area contributed by atoms with E-state index in [1.165, 1.54) is 5.56 Å². The third kappa shape index (κ3) is 5.93. The molecule has 35 heavy (non-hydrogen) atoms. The summed E-state index contributed by atoms with van der Waals surface area (Å²) in [4.78, 5) is 15.2. The third-order valence-electron chi connectivity index (χ3n) is 6.25. The minimum Gasteiger partial charge on any atom is -0.491 e. The van der Waals surface area contributed by atoms with Crippen LogP contribution in [0.25, 0.3) is 11.3 Å². The van der Waals surface area contributed by atoms with Gasteiger partial charge < -0.3 is 14.2 Å². The van der Waals surface area contributed by atoms with E-state index in [4.69, 9.17) is 9.26 Å². The molecule has 1 saturated heterocycles. The Hall–Kier alpha value is -3.13. The summed E-state index contributed by atoms with van der Waals surface area (Å²) in [5.74, 6) is 0.983. The van der Waals surface area contributed by atoms with Gasteiger partial charge >= 0.3 is 0 Å². The number of aromatic nitrogens is 1. The van der Waals surface area contributed by atoms with Gasteiger partial charge in [0.25, 0.3) is 5.91 Å². The van der Waals surface area contributed by atoms with E-state index < -0.39 is 15.9 Å². The maximum Gasteiger partial charge on any atom is 0.276 e. The molecule has 0 radical (unpaired) electrons. The average molecular weight is 497 g/mol. The summed E-state index contributed by atoms with van der Waals surface area (Å²) in [6.45, 7) is 8.30. The van der Waals surface area contributed by atoms with Crippen molar-refractivity contribution in [3.63, 3.8) is 0 Å². The molecule has 1 aromatic heterocycles. The van der Waals surface area contributed by atoms with E-state index in [2.05, 4.69) is 12.1 Å². The summed E-state index contributed by atoms with van der Waals surface area (Å²) < 4.78 is 35.7. The largest absolute Gasteiger partial charge is 0.491 e. The van der Waals surface area contributed by atoms with Gasteiger partial charge in [-0.2, -0.15) is 0 Å². The van der Waals surface area contributed by atoms with Gasteiger partial charge in [0.1, 0.15) is 5.75 Å². The molecule has 2 aromatic carbocycles. The van der Waals surface area contributed by atoms with Gasteiger partial charge in [0, 0.05) is 24.2 Å². The Bertz CT molecular complexity index is 1300. The molecule has 3 aromatic rings. The first-order chi connectivity index (χ1) is 16.6. The lowest BCUT2D eigenvalue weighted by Gasteiger charge is -2.27. The topological polar surface area (TPSA) is 89.7 Å². The molecule has 0 aliphatic carbocycles. The van der Waals surface area contributed by atoms with Gasteiger partial charge in [-0.15, -0.1) is 0 Å². The molecule has 2 heterocycles. The molecule has 0 saturated carbocycles. The molecule has 0 spiro atoms. The Kier molecular flexibility index (Phi) is 7.31. The van der Waals surface area contributed by atoms with Crippen LogP contribution in [0.3, 0.4) is 0 Å². The van der Waals surface area contributed by atoms with E-state index in [0.29, 0.717) is 18.7 Å². The fourth-order valence-corrected chi connectivity index (χ4v) is 6.04. The summed E-state index contributed by atoms with van der Waals surface area (Å²) in [7, 11) is -3.16. The number of hydrogen-bond acceptors (Lipinski definition) is 6. The number of aryl methyl sites for hydroxylation is 2. The van der Waals surface area contributed by atoms with Crippen LogP contribution in [0.2, 0.25) is 0 Å². The molecule has 0 bridgehead atoms. The highest BCUT2D eigenvalue weighted by Gasteiger charge is 2.36. The predicted octanol–water partition coefficient (Wildman–Crippen LogP) is 4.83. The van der Waals surface area contributed by atoms with Crippen molar-refractivity contribution in [2.75, 3.05) is 11.5 Å². The van der Waals surface area contributed by atoms with Gasteiger partial charge in [-0.1, -0.05) is 36.3 Å². The molecule has 1 amide bonds. The summed E-state index contributed by atoms with van der Waals surface area (Å²) in [6, 6.07) is 15.0. The van der Waals surface area contributed by atoms with Gasteiger partial charge in [-0.05, 0) is 68.5 Å². The molecule has 1 unspecified atom stereocenters. The van der Waals surface area contributed by atoms with Crippen LogP contribution in [0, 0.1) is 6.92 Å². The third-order valence-corrected chi connectivity index (χ3v) is 8.00. The summed E-state index contributed by atoms with van der Waals surface area (Å²) >= 11 is 0. The number of benzene rings is 2. The van der Waals surface area contributed by atoms with Crippen molar-refractivity contribution in [2.45, 2.75) is 59.2 Å². The van der Waals surface area contributed by atoms with Gasteiger partial charge in [-0.25, -0.2) is 8.42 Å². The molecule has 1 aliphatic rings. The lowest BCUT2D eigenvalue weighted by atomic mass is 10.1. The van der Waals surface area contributed by atoms with Crippen LogP contribution in [0.1, 0.15) is 54.4 Å². The van der Waals surface area contributed by atoms with Crippen LogP contribution in [0.15, 0.2) is 53.1 Å². The van der Waals surface area contributed by atoms with E-state index in [0.717, 1.165) is 28.9 Å². The maximum absolute atomic E-state index is 13.5. The van der Waals surface area contributed by atoms with Crippen LogP contribution < -0.4 is 4.74 Å². The van der Waals surface area contributed by atoms with Crippen LogP contribution in [0.4, 0.5) is 0 Å². The summed E-state index contributed by atoms with van der Waals surface area (Å²) in [5, 5.41) is 4.04.